The van der Waals surface area contributed by atoms with Crippen LogP contribution in [0.1, 0.15) is 49.8 Å². The van der Waals surface area contributed by atoms with Gasteiger partial charge in [0.05, 0.1) is 18.8 Å². The number of ether oxygens (including phenoxy) is 2. The standard InChI is InChI=1S/C34H41N9O10/c35-33(50)36-15-4-5-24(41-27(45)18-37-26(44)6-2-1-3-16-43-29(47)13-14-30(43)48)32(49)40-22-9-7-21(8-10-22)19-53-34(51)38-17-23-11-12-25-31(39-23)42-28(46)20-52-25/h7-14,24H,1-6,15-20H2,(H,37,44)(H,38,51)(H,40,49)(H,41,45)(H3,35,36,50)(H,39,42,46)/t24-/m0/s1. The number of carbonyl (C=O) groups excluding carboxylic acids is 8. The number of nitrogens with zero attached hydrogens (tertiary/aromatic N) is 2. The van der Waals surface area contributed by atoms with Gasteiger partial charge in [0.25, 0.3) is 17.7 Å². The van der Waals surface area contributed by atoms with E-state index >= 15 is 0 Å². The third-order valence-corrected chi connectivity index (χ3v) is 7.79. The number of hydrogen-bond acceptors (Lipinski definition) is 11. The minimum atomic E-state index is -1.01. The minimum absolute atomic E-state index is 0.0444. The molecular formula is C34H41N9O10. The molecule has 4 rings (SSSR count). The number of anilines is 2. The fourth-order valence-electron chi connectivity index (χ4n) is 5.06. The maximum Gasteiger partial charge on any atom is 0.407 e. The fraction of sp³-hybridized carbons (Fsp3) is 0.382. The molecule has 1 aromatic carbocycles. The minimum Gasteiger partial charge on any atom is -0.480 e. The lowest BCUT2D eigenvalue weighted by Crippen LogP contribution is -2.47. The number of pyridine rings is 1. The van der Waals surface area contributed by atoms with E-state index in [0.717, 1.165) is 4.90 Å². The number of nitrogens with two attached hydrogens (primary N) is 1. The third kappa shape index (κ3) is 13.3. The Morgan fingerprint density at radius 2 is 1.66 bits per heavy atom. The predicted octanol–water partition coefficient (Wildman–Crippen LogP) is 0.312. The highest BCUT2D eigenvalue weighted by Gasteiger charge is 2.23. The van der Waals surface area contributed by atoms with Gasteiger partial charge in [-0.15, -0.1) is 0 Å². The molecule has 1 atom stereocenters. The van der Waals surface area contributed by atoms with Crippen LogP contribution in [0, 0.1) is 0 Å². The van der Waals surface area contributed by atoms with Crippen LogP contribution in [0.15, 0.2) is 48.6 Å². The highest BCUT2D eigenvalue weighted by molar-refractivity contribution is 6.12. The van der Waals surface area contributed by atoms with E-state index in [0.29, 0.717) is 48.4 Å². The summed E-state index contributed by atoms with van der Waals surface area (Å²) in [5.74, 6) is -1.85. The molecule has 0 aliphatic carbocycles. The molecule has 0 radical (unpaired) electrons. The summed E-state index contributed by atoms with van der Waals surface area (Å²) < 4.78 is 10.5. The van der Waals surface area contributed by atoms with Crippen LogP contribution in [0.2, 0.25) is 0 Å². The molecule has 3 heterocycles. The number of benzene rings is 1. The van der Waals surface area contributed by atoms with E-state index < -0.39 is 30.0 Å². The summed E-state index contributed by atoms with van der Waals surface area (Å²) >= 11 is 0. The maximum atomic E-state index is 13.2. The van der Waals surface area contributed by atoms with E-state index in [-0.39, 0.29) is 81.7 Å². The monoisotopic (exact) mass is 735 g/mol. The quantitative estimate of drug-likeness (QED) is 0.0762. The second-order valence-corrected chi connectivity index (χ2v) is 11.9. The van der Waals surface area contributed by atoms with Crippen molar-refractivity contribution in [1.82, 2.24) is 31.2 Å². The molecule has 1 aromatic heterocycles. The van der Waals surface area contributed by atoms with E-state index in [9.17, 15) is 38.4 Å². The Morgan fingerprint density at radius 1 is 0.906 bits per heavy atom. The molecule has 282 valence electrons. The number of fused-ring (bicyclic) bond motifs is 1. The van der Waals surface area contributed by atoms with E-state index in [1.807, 2.05) is 0 Å². The van der Waals surface area contributed by atoms with Crippen LogP contribution in [0.3, 0.4) is 0 Å². The smallest absolute Gasteiger partial charge is 0.407 e. The number of imide groups is 1. The van der Waals surface area contributed by atoms with Crippen LogP contribution in [0.4, 0.5) is 21.1 Å². The number of primary amides is 1. The van der Waals surface area contributed by atoms with Gasteiger partial charge in [-0.1, -0.05) is 18.6 Å². The molecule has 19 nitrogen and oxygen atoms in total. The second kappa shape index (κ2) is 19.8. The van der Waals surface area contributed by atoms with Crippen LogP contribution in [-0.2, 0) is 46.7 Å². The van der Waals surface area contributed by atoms with Crippen LogP contribution in [0.5, 0.6) is 5.75 Å². The average Bonchev–Trinajstić information content (AvgIpc) is 3.46. The number of amides is 9. The summed E-state index contributed by atoms with van der Waals surface area (Å²) in [5, 5.41) is 15.4. The Hall–Kier alpha value is -6.53. The SMILES string of the molecule is NC(=O)NCCC[C@H](NC(=O)CNC(=O)CCCCCN1C(=O)C=CC1=O)C(=O)Nc1ccc(COC(=O)NCc2ccc3c(n2)NC(=O)CO3)cc1. The van der Waals surface area contributed by atoms with Crippen LogP contribution in [0.25, 0.3) is 0 Å². The Labute approximate surface area is 303 Å². The first-order valence-corrected chi connectivity index (χ1v) is 16.8. The van der Waals surface area contributed by atoms with Gasteiger partial charge in [-0.05, 0) is 55.5 Å². The zero-order valence-electron chi connectivity index (χ0n) is 28.7. The Morgan fingerprint density at radius 3 is 2.40 bits per heavy atom. The van der Waals surface area contributed by atoms with Crippen molar-refractivity contribution in [1.29, 1.82) is 0 Å². The molecule has 0 spiro atoms. The van der Waals surface area contributed by atoms with Gasteiger partial charge in [0.15, 0.2) is 18.2 Å². The van der Waals surface area contributed by atoms with Gasteiger partial charge in [-0.2, -0.15) is 0 Å². The van der Waals surface area contributed by atoms with Crippen molar-refractivity contribution in [3.8, 4) is 5.75 Å². The van der Waals surface area contributed by atoms with E-state index in [1.165, 1.54) is 12.2 Å². The van der Waals surface area contributed by atoms with Gasteiger partial charge in [0.2, 0.25) is 17.7 Å². The summed E-state index contributed by atoms with van der Waals surface area (Å²) in [6.45, 7) is -0.0578. The van der Waals surface area contributed by atoms with E-state index in [1.54, 1.807) is 36.4 Å². The van der Waals surface area contributed by atoms with Gasteiger partial charge in [-0.3, -0.25) is 33.7 Å². The van der Waals surface area contributed by atoms with Crippen LogP contribution in [-0.4, -0.2) is 89.7 Å². The van der Waals surface area contributed by atoms with Crippen molar-refractivity contribution >= 4 is 59.1 Å². The molecule has 8 N–H and O–H groups in total. The van der Waals surface area contributed by atoms with Gasteiger partial charge < -0.3 is 47.1 Å². The van der Waals surface area contributed by atoms with Crippen LogP contribution >= 0.6 is 0 Å². The Kier molecular flexibility index (Phi) is 14.6. The lowest BCUT2D eigenvalue weighted by atomic mass is 10.1. The molecule has 0 saturated heterocycles. The van der Waals surface area contributed by atoms with Gasteiger partial charge >= 0.3 is 12.1 Å². The number of rotatable bonds is 19. The Balaban J connectivity index is 1.17. The van der Waals surface area contributed by atoms with Crippen molar-refractivity contribution < 1.29 is 47.8 Å². The number of alkyl carbamates (subject to hydrolysis) is 1. The molecule has 0 unspecified atom stereocenters. The predicted molar refractivity (Wildman–Crippen MR) is 187 cm³/mol. The third-order valence-electron chi connectivity index (χ3n) is 7.79. The molecule has 0 fully saturated rings. The first kappa shape index (κ1) is 39.3. The van der Waals surface area contributed by atoms with Crippen molar-refractivity contribution in [2.45, 2.75) is 57.7 Å². The lowest BCUT2D eigenvalue weighted by molar-refractivity contribution is -0.137. The molecule has 0 saturated carbocycles. The summed E-state index contributed by atoms with van der Waals surface area (Å²) in [6.07, 6.45) is 3.93. The number of unbranched alkanes of at least 4 members (excludes halogenated alkanes) is 2. The first-order chi connectivity index (χ1) is 25.5. The summed E-state index contributed by atoms with van der Waals surface area (Å²) in [4.78, 5) is 101. The maximum absolute atomic E-state index is 13.2. The largest absolute Gasteiger partial charge is 0.480 e. The number of aromatic nitrogens is 1. The molecule has 2 aromatic rings. The lowest BCUT2D eigenvalue weighted by Gasteiger charge is -2.19. The highest BCUT2D eigenvalue weighted by Crippen LogP contribution is 2.25. The van der Waals surface area contributed by atoms with E-state index in [4.69, 9.17) is 15.2 Å². The molecular weight excluding hydrogens is 694 g/mol. The van der Waals surface area contributed by atoms with Crippen LogP contribution < -0.4 is 42.4 Å². The topological polar surface area (TPSA) is 269 Å². The van der Waals surface area contributed by atoms with Gasteiger partial charge in [0, 0.05) is 37.3 Å². The average molecular weight is 736 g/mol. The van der Waals surface area contributed by atoms with Crippen molar-refractivity contribution in [3.63, 3.8) is 0 Å². The first-order valence-electron chi connectivity index (χ1n) is 16.8. The number of hydrogen-bond donors (Lipinski definition) is 7. The highest BCUT2D eigenvalue weighted by atomic mass is 16.5. The van der Waals surface area contributed by atoms with E-state index in [2.05, 4.69) is 36.9 Å². The molecule has 53 heavy (non-hydrogen) atoms. The molecule has 9 amide bonds. The zero-order valence-corrected chi connectivity index (χ0v) is 28.7. The summed E-state index contributed by atoms with van der Waals surface area (Å²) in [7, 11) is 0. The Bertz CT molecular complexity index is 1710. The van der Waals surface area contributed by atoms with Gasteiger partial charge in [-0.25, -0.2) is 14.6 Å². The molecule has 2 aliphatic heterocycles. The molecule has 19 heteroatoms. The fourth-order valence-corrected chi connectivity index (χ4v) is 5.06. The van der Waals surface area contributed by atoms with Crippen molar-refractivity contribution in [2.75, 3.05) is 36.9 Å². The normalized spacial score (nSPS) is 13.6. The number of nitrogens with one attached hydrogen (secondary N) is 6. The van der Waals surface area contributed by atoms with Crippen molar-refractivity contribution in [3.05, 3.63) is 59.8 Å². The number of urea groups is 1. The summed E-state index contributed by atoms with van der Waals surface area (Å²) in [5.41, 5.74) is 6.60. The zero-order chi connectivity index (χ0) is 38.2. The number of carbonyl (C=O) groups is 8. The molecule has 2 aliphatic rings. The second-order valence-electron chi connectivity index (χ2n) is 11.9. The van der Waals surface area contributed by atoms with Gasteiger partial charge in [0.1, 0.15) is 12.6 Å². The summed E-state index contributed by atoms with van der Waals surface area (Å²) in [6, 6.07) is 8.00. The van der Waals surface area contributed by atoms with Crippen molar-refractivity contribution in [2.24, 2.45) is 5.73 Å². The molecule has 0 bridgehead atoms.